The molecule has 0 N–H and O–H groups in total. The van der Waals surface area contributed by atoms with Gasteiger partial charge in [0.25, 0.3) is 5.91 Å². The Morgan fingerprint density at radius 1 is 1.08 bits per heavy atom. The second-order valence-electron chi connectivity index (χ2n) is 5.79. The van der Waals surface area contributed by atoms with Crippen molar-refractivity contribution in [3.05, 3.63) is 78.6 Å². The van der Waals surface area contributed by atoms with Crippen LogP contribution in [0.15, 0.2) is 73.1 Å². The number of benzene rings is 2. The average molecular weight is 343 g/mol. The molecule has 26 heavy (non-hydrogen) atoms. The van der Waals surface area contributed by atoms with Gasteiger partial charge in [0.05, 0.1) is 23.4 Å². The summed E-state index contributed by atoms with van der Waals surface area (Å²) in [6.07, 6.45) is 3.24. The molecule has 4 rings (SSSR count). The van der Waals surface area contributed by atoms with Crippen LogP contribution in [0, 0.1) is 0 Å². The van der Waals surface area contributed by atoms with Crippen LogP contribution in [0.5, 0.6) is 5.75 Å². The van der Waals surface area contributed by atoms with E-state index < -0.39 is 0 Å². The zero-order chi connectivity index (χ0) is 17.9. The fourth-order valence-electron chi connectivity index (χ4n) is 2.90. The molecular formula is C21H17N3O2. The summed E-state index contributed by atoms with van der Waals surface area (Å²) in [5.41, 5.74) is 3.01. The topological polar surface area (TPSA) is 57.0 Å². The van der Waals surface area contributed by atoms with Gasteiger partial charge in [-0.1, -0.05) is 18.2 Å². The summed E-state index contributed by atoms with van der Waals surface area (Å²) < 4.78 is 6.83. The number of hydrogen-bond donors (Lipinski definition) is 0. The van der Waals surface area contributed by atoms with Gasteiger partial charge < -0.3 is 4.74 Å². The van der Waals surface area contributed by atoms with E-state index in [1.54, 1.807) is 18.5 Å². The van der Waals surface area contributed by atoms with Gasteiger partial charge >= 0.3 is 0 Å². The van der Waals surface area contributed by atoms with Gasteiger partial charge in [0, 0.05) is 23.3 Å². The lowest BCUT2D eigenvalue weighted by Gasteiger charge is -2.10. The monoisotopic (exact) mass is 343 g/mol. The van der Waals surface area contributed by atoms with Crippen molar-refractivity contribution in [1.29, 1.82) is 0 Å². The minimum Gasteiger partial charge on any atom is -0.494 e. The van der Waals surface area contributed by atoms with Gasteiger partial charge in [0.15, 0.2) is 0 Å². The van der Waals surface area contributed by atoms with E-state index >= 15 is 0 Å². The van der Waals surface area contributed by atoms with Crippen LogP contribution >= 0.6 is 0 Å². The standard InChI is InChI=1S/C21H17N3O2/c1-2-26-16-10-8-15(9-11-16)20-14-18(21(25)24-13-5-12-22-24)17-6-3-4-7-19(17)23-20/h3-14H,2H2,1H3. The minimum absolute atomic E-state index is 0.180. The minimum atomic E-state index is -0.180. The number of ether oxygens (including phenoxy) is 1. The van der Waals surface area contributed by atoms with E-state index in [1.165, 1.54) is 4.68 Å². The first-order valence-corrected chi connectivity index (χ1v) is 8.43. The van der Waals surface area contributed by atoms with Crippen molar-refractivity contribution in [1.82, 2.24) is 14.8 Å². The van der Waals surface area contributed by atoms with E-state index in [-0.39, 0.29) is 5.91 Å². The smallest absolute Gasteiger partial charge is 0.278 e. The third kappa shape index (κ3) is 2.95. The van der Waals surface area contributed by atoms with E-state index in [4.69, 9.17) is 9.72 Å². The van der Waals surface area contributed by atoms with Crippen LogP contribution in [0.4, 0.5) is 0 Å². The van der Waals surface area contributed by atoms with Crippen LogP contribution in [0.3, 0.4) is 0 Å². The van der Waals surface area contributed by atoms with Gasteiger partial charge in [-0.2, -0.15) is 5.10 Å². The van der Waals surface area contributed by atoms with Gasteiger partial charge in [-0.05, 0) is 49.4 Å². The summed E-state index contributed by atoms with van der Waals surface area (Å²) in [5, 5.41) is 4.87. The van der Waals surface area contributed by atoms with Gasteiger partial charge in [0.2, 0.25) is 0 Å². The third-order valence-corrected chi connectivity index (χ3v) is 4.12. The van der Waals surface area contributed by atoms with Crippen molar-refractivity contribution in [3.8, 4) is 17.0 Å². The number of fused-ring (bicyclic) bond motifs is 1. The Morgan fingerprint density at radius 2 is 1.88 bits per heavy atom. The SMILES string of the molecule is CCOc1ccc(-c2cc(C(=O)n3cccn3)c3ccccc3n2)cc1. The highest BCUT2D eigenvalue weighted by Crippen LogP contribution is 2.26. The first-order valence-electron chi connectivity index (χ1n) is 8.43. The van der Waals surface area contributed by atoms with Crippen LogP contribution < -0.4 is 4.74 Å². The maximum absolute atomic E-state index is 12.9. The van der Waals surface area contributed by atoms with Crippen molar-refractivity contribution < 1.29 is 9.53 Å². The number of aromatic nitrogens is 3. The van der Waals surface area contributed by atoms with E-state index in [0.717, 1.165) is 27.9 Å². The maximum atomic E-state index is 12.9. The molecule has 2 heterocycles. The quantitative estimate of drug-likeness (QED) is 0.558. The third-order valence-electron chi connectivity index (χ3n) is 4.12. The second kappa shape index (κ2) is 6.80. The van der Waals surface area contributed by atoms with Crippen molar-refractivity contribution >= 4 is 16.8 Å². The van der Waals surface area contributed by atoms with Crippen LogP contribution in [0.2, 0.25) is 0 Å². The lowest BCUT2D eigenvalue weighted by Crippen LogP contribution is -2.13. The van der Waals surface area contributed by atoms with Crippen LogP contribution in [0.1, 0.15) is 17.3 Å². The molecule has 128 valence electrons. The summed E-state index contributed by atoms with van der Waals surface area (Å²) in [6.45, 7) is 2.57. The highest BCUT2D eigenvalue weighted by atomic mass is 16.5. The Morgan fingerprint density at radius 3 is 2.62 bits per heavy atom. The zero-order valence-corrected chi connectivity index (χ0v) is 14.3. The Hall–Kier alpha value is -3.47. The fraction of sp³-hybridized carbons (Fsp3) is 0.0952. The summed E-state index contributed by atoms with van der Waals surface area (Å²) in [7, 11) is 0. The van der Waals surface area contributed by atoms with Gasteiger partial charge in [-0.15, -0.1) is 0 Å². The van der Waals surface area contributed by atoms with E-state index in [0.29, 0.717) is 12.2 Å². The Bertz CT molecular complexity index is 1050. The van der Waals surface area contributed by atoms with E-state index in [9.17, 15) is 4.79 Å². The first kappa shape index (κ1) is 16.0. The molecule has 0 aliphatic heterocycles. The largest absolute Gasteiger partial charge is 0.494 e. The summed E-state index contributed by atoms with van der Waals surface area (Å²) >= 11 is 0. The fourth-order valence-corrected chi connectivity index (χ4v) is 2.90. The highest BCUT2D eigenvalue weighted by molar-refractivity contribution is 6.07. The van der Waals surface area contributed by atoms with E-state index in [2.05, 4.69) is 5.10 Å². The number of hydrogen-bond acceptors (Lipinski definition) is 4. The molecule has 0 radical (unpaired) electrons. The molecule has 0 saturated carbocycles. The van der Waals surface area contributed by atoms with Gasteiger partial charge in [-0.25, -0.2) is 9.67 Å². The molecule has 4 aromatic rings. The molecule has 0 fully saturated rings. The molecule has 0 saturated heterocycles. The second-order valence-corrected chi connectivity index (χ2v) is 5.79. The molecule has 0 unspecified atom stereocenters. The number of carbonyl (C=O) groups is 1. The number of rotatable bonds is 4. The molecule has 0 aliphatic carbocycles. The molecule has 0 spiro atoms. The summed E-state index contributed by atoms with van der Waals surface area (Å²) in [5.74, 6) is 0.630. The average Bonchev–Trinajstić information content (AvgIpc) is 3.22. The Balaban J connectivity index is 1.85. The van der Waals surface area contributed by atoms with E-state index in [1.807, 2.05) is 61.5 Å². The molecule has 2 aromatic heterocycles. The molecule has 0 aliphatic rings. The van der Waals surface area contributed by atoms with Crippen molar-refractivity contribution in [2.24, 2.45) is 0 Å². The predicted molar refractivity (Wildman–Crippen MR) is 100 cm³/mol. The Kier molecular flexibility index (Phi) is 4.19. The number of nitrogens with zero attached hydrogens (tertiary/aromatic N) is 3. The van der Waals surface area contributed by atoms with Gasteiger partial charge in [0.1, 0.15) is 5.75 Å². The summed E-state index contributed by atoms with van der Waals surface area (Å²) in [6, 6.07) is 18.9. The zero-order valence-electron chi connectivity index (χ0n) is 14.3. The summed E-state index contributed by atoms with van der Waals surface area (Å²) in [4.78, 5) is 17.6. The van der Waals surface area contributed by atoms with Crippen molar-refractivity contribution in [3.63, 3.8) is 0 Å². The normalized spacial score (nSPS) is 10.8. The van der Waals surface area contributed by atoms with Gasteiger partial charge in [-0.3, -0.25) is 4.79 Å². The number of carbonyl (C=O) groups excluding carboxylic acids is 1. The maximum Gasteiger partial charge on any atom is 0.278 e. The molecule has 0 atom stereocenters. The lowest BCUT2D eigenvalue weighted by molar-refractivity contribution is 0.0946. The predicted octanol–water partition coefficient (Wildman–Crippen LogP) is 4.19. The number of para-hydroxylation sites is 1. The Labute approximate surface area is 150 Å². The highest BCUT2D eigenvalue weighted by Gasteiger charge is 2.15. The first-order chi connectivity index (χ1) is 12.8. The molecule has 0 bridgehead atoms. The molecule has 0 amide bonds. The molecule has 5 heteroatoms. The van der Waals surface area contributed by atoms with Crippen molar-refractivity contribution in [2.75, 3.05) is 6.61 Å². The van der Waals surface area contributed by atoms with Crippen LogP contribution in [-0.4, -0.2) is 27.3 Å². The molecular weight excluding hydrogens is 326 g/mol. The van der Waals surface area contributed by atoms with Crippen molar-refractivity contribution in [2.45, 2.75) is 6.92 Å². The van der Waals surface area contributed by atoms with Crippen LogP contribution in [-0.2, 0) is 0 Å². The number of pyridine rings is 1. The molecule has 5 nitrogen and oxygen atoms in total. The van der Waals surface area contributed by atoms with Crippen LogP contribution in [0.25, 0.3) is 22.2 Å². The lowest BCUT2D eigenvalue weighted by atomic mass is 10.0. The molecule has 2 aromatic carbocycles.